The van der Waals surface area contributed by atoms with Gasteiger partial charge in [-0.15, -0.1) is 0 Å². The topological polar surface area (TPSA) is 66.4 Å². The summed E-state index contributed by atoms with van der Waals surface area (Å²) in [6, 6.07) is 8.92. The molecule has 0 radical (unpaired) electrons. The molecule has 4 nitrogen and oxygen atoms in total. The number of rotatable bonds is 3. The van der Waals surface area contributed by atoms with Crippen LogP contribution in [0.3, 0.4) is 0 Å². The van der Waals surface area contributed by atoms with Crippen LogP contribution in [-0.2, 0) is 0 Å². The molecule has 0 aromatic heterocycles. The smallest absolute Gasteiger partial charge is 0.338 e. The number of carbonyl (C=O) groups excluding carboxylic acids is 1. The monoisotopic (exact) mass is 287 g/mol. The summed E-state index contributed by atoms with van der Waals surface area (Å²) < 4.78 is 13.7. The lowest BCUT2D eigenvalue weighted by Gasteiger charge is -2.11. The first-order valence-electron chi connectivity index (χ1n) is 6.30. The van der Waals surface area contributed by atoms with Gasteiger partial charge in [0, 0.05) is 0 Å². The van der Waals surface area contributed by atoms with Crippen molar-refractivity contribution in [2.45, 2.75) is 13.8 Å². The van der Waals surface area contributed by atoms with E-state index in [1.165, 1.54) is 18.2 Å². The van der Waals surface area contributed by atoms with Crippen molar-refractivity contribution < 1.29 is 19.1 Å². The Labute approximate surface area is 121 Å². The van der Waals surface area contributed by atoms with Crippen LogP contribution < -0.4 is 5.32 Å². The molecular weight excluding hydrogens is 273 g/mol. The molecule has 2 N–H and O–H groups in total. The first kappa shape index (κ1) is 14.7. The van der Waals surface area contributed by atoms with Gasteiger partial charge in [0.15, 0.2) is 0 Å². The summed E-state index contributed by atoms with van der Waals surface area (Å²) in [5, 5.41) is 11.7. The number of hydrogen-bond acceptors (Lipinski definition) is 2. The molecule has 0 heterocycles. The Kier molecular flexibility index (Phi) is 4.03. The van der Waals surface area contributed by atoms with Crippen LogP contribution in [0.1, 0.15) is 31.8 Å². The quantitative estimate of drug-likeness (QED) is 0.909. The fourth-order valence-corrected chi connectivity index (χ4v) is 2.06. The molecule has 2 rings (SSSR count). The maximum atomic E-state index is 13.7. The third kappa shape index (κ3) is 3.08. The fourth-order valence-electron chi connectivity index (χ4n) is 2.06. The van der Waals surface area contributed by atoms with Crippen molar-refractivity contribution in [2.24, 2.45) is 0 Å². The Morgan fingerprint density at radius 1 is 1.14 bits per heavy atom. The largest absolute Gasteiger partial charge is 0.478 e. The van der Waals surface area contributed by atoms with Gasteiger partial charge in [-0.2, -0.15) is 0 Å². The van der Waals surface area contributed by atoms with Crippen LogP contribution in [0, 0.1) is 19.7 Å². The minimum atomic E-state index is -1.15. The molecule has 0 unspecified atom stereocenters. The summed E-state index contributed by atoms with van der Waals surface area (Å²) in [4.78, 5) is 23.4. The van der Waals surface area contributed by atoms with Crippen molar-refractivity contribution in [3.8, 4) is 0 Å². The molecule has 0 spiro atoms. The van der Waals surface area contributed by atoms with Gasteiger partial charge in [-0.25, -0.2) is 9.18 Å². The van der Waals surface area contributed by atoms with E-state index in [1.54, 1.807) is 32.0 Å². The Bertz CT molecular complexity index is 725. The molecule has 0 saturated carbocycles. The van der Waals surface area contributed by atoms with Gasteiger partial charge in [0.05, 0.1) is 16.8 Å². The van der Waals surface area contributed by atoms with E-state index in [0.29, 0.717) is 5.56 Å². The first-order chi connectivity index (χ1) is 9.90. The van der Waals surface area contributed by atoms with Crippen LogP contribution in [-0.4, -0.2) is 17.0 Å². The summed E-state index contributed by atoms with van der Waals surface area (Å²) >= 11 is 0. The van der Waals surface area contributed by atoms with Gasteiger partial charge in [-0.3, -0.25) is 4.79 Å². The average Bonchev–Trinajstić information content (AvgIpc) is 2.41. The number of aryl methyl sites for hydroxylation is 2. The van der Waals surface area contributed by atoms with Gasteiger partial charge in [0.2, 0.25) is 0 Å². The standard InChI is InChI=1S/C16H14FNO3/c1-9-6-7-12(17)11(8-9)15(19)18-13-5-3-4-10(2)14(13)16(20)21/h3-8H,1-2H3,(H,18,19)(H,20,21). The zero-order valence-electron chi connectivity index (χ0n) is 11.6. The van der Waals surface area contributed by atoms with Crippen molar-refractivity contribution in [3.63, 3.8) is 0 Å². The highest BCUT2D eigenvalue weighted by molar-refractivity contribution is 6.08. The van der Waals surface area contributed by atoms with E-state index in [4.69, 9.17) is 0 Å². The normalized spacial score (nSPS) is 10.2. The number of amides is 1. The highest BCUT2D eigenvalue weighted by atomic mass is 19.1. The van der Waals surface area contributed by atoms with Crippen LogP contribution in [0.4, 0.5) is 10.1 Å². The Balaban J connectivity index is 2.39. The van der Waals surface area contributed by atoms with E-state index >= 15 is 0 Å². The highest BCUT2D eigenvalue weighted by Gasteiger charge is 2.17. The van der Waals surface area contributed by atoms with Crippen LogP contribution >= 0.6 is 0 Å². The minimum absolute atomic E-state index is 0.00101. The Hall–Kier alpha value is -2.69. The van der Waals surface area contributed by atoms with Crippen molar-refractivity contribution in [1.82, 2.24) is 0 Å². The van der Waals surface area contributed by atoms with Crippen LogP contribution in [0.15, 0.2) is 36.4 Å². The lowest BCUT2D eigenvalue weighted by molar-refractivity contribution is 0.0697. The molecule has 2 aromatic carbocycles. The number of hydrogen-bond donors (Lipinski definition) is 2. The van der Waals surface area contributed by atoms with Gasteiger partial charge in [0.25, 0.3) is 5.91 Å². The molecule has 0 saturated heterocycles. The second kappa shape index (κ2) is 5.75. The minimum Gasteiger partial charge on any atom is -0.478 e. The third-order valence-corrected chi connectivity index (χ3v) is 3.10. The SMILES string of the molecule is Cc1ccc(F)c(C(=O)Nc2cccc(C)c2C(=O)O)c1. The number of benzene rings is 2. The van der Waals surface area contributed by atoms with Crippen molar-refractivity contribution in [3.05, 3.63) is 64.5 Å². The zero-order valence-corrected chi connectivity index (χ0v) is 11.6. The van der Waals surface area contributed by atoms with E-state index in [-0.39, 0.29) is 16.8 Å². The summed E-state index contributed by atoms with van der Waals surface area (Å²) in [5.74, 6) is -2.47. The number of carboxylic acid groups (broad SMARTS) is 1. The highest BCUT2D eigenvalue weighted by Crippen LogP contribution is 2.21. The van der Waals surface area contributed by atoms with E-state index in [1.807, 2.05) is 0 Å². The molecule has 0 aliphatic rings. The molecule has 2 aromatic rings. The number of aromatic carboxylic acids is 1. The second-order valence-electron chi connectivity index (χ2n) is 4.74. The van der Waals surface area contributed by atoms with Crippen molar-refractivity contribution in [2.75, 3.05) is 5.32 Å². The number of carboxylic acids is 1. The molecule has 21 heavy (non-hydrogen) atoms. The number of halogens is 1. The molecule has 0 bridgehead atoms. The van der Waals surface area contributed by atoms with Gasteiger partial charge >= 0.3 is 5.97 Å². The first-order valence-corrected chi connectivity index (χ1v) is 6.30. The predicted octanol–water partition coefficient (Wildman–Crippen LogP) is 3.39. The van der Waals surface area contributed by atoms with Gasteiger partial charge in [-0.1, -0.05) is 23.8 Å². The van der Waals surface area contributed by atoms with Gasteiger partial charge in [0.1, 0.15) is 5.82 Å². The molecule has 5 heteroatoms. The van der Waals surface area contributed by atoms with Crippen LogP contribution in [0.25, 0.3) is 0 Å². The summed E-state index contributed by atoms with van der Waals surface area (Å²) in [7, 11) is 0. The maximum Gasteiger partial charge on any atom is 0.338 e. The molecule has 0 aliphatic carbocycles. The number of nitrogens with one attached hydrogen (secondary N) is 1. The van der Waals surface area contributed by atoms with Crippen LogP contribution in [0.5, 0.6) is 0 Å². The molecule has 0 aliphatic heterocycles. The molecular formula is C16H14FNO3. The van der Waals surface area contributed by atoms with Crippen LogP contribution in [0.2, 0.25) is 0 Å². The van der Waals surface area contributed by atoms with E-state index < -0.39 is 17.7 Å². The summed E-state index contributed by atoms with van der Waals surface area (Å²) in [5.41, 5.74) is 1.29. The average molecular weight is 287 g/mol. The molecule has 1 amide bonds. The summed E-state index contributed by atoms with van der Waals surface area (Å²) in [6.07, 6.45) is 0. The predicted molar refractivity (Wildman–Crippen MR) is 77.2 cm³/mol. The zero-order chi connectivity index (χ0) is 15.6. The van der Waals surface area contributed by atoms with E-state index in [9.17, 15) is 19.1 Å². The van der Waals surface area contributed by atoms with Gasteiger partial charge < -0.3 is 10.4 Å². The second-order valence-corrected chi connectivity index (χ2v) is 4.74. The van der Waals surface area contributed by atoms with Crippen molar-refractivity contribution in [1.29, 1.82) is 0 Å². The Morgan fingerprint density at radius 2 is 1.86 bits per heavy atom. The van der Waals surface area contributed by atoms with E-state index in [2.05, 4.69) is 5.32 Å². The third-order valence-electron chi connectivity index (χ3n) is 3.10. The molecule has 0 atom stereocenters. The summed E-state index contributed by atoms with van der Waals surface area (Å²) in [6.45, 7) is 3.37. The Morgan fingerprint density at radius 3 is 2.52 bits per heavy atom. The van der Waals surface area contributed by atoms with Crippen molar-refractivity contribution >= 4 is 17.6 Å². The number of anilines is 1. The molecule has 108 valence electrons. The van der Waals surface area contributed by atoms with Gasteiger partial charge in [-0.05, 0) is 37.6 Å². The lowest BCUT2D eigenvalue weighted by Crippen LogP contribution is -2.17. The maximum absolute atomic E-state index is 13.7. The number of carbonyl (C=O) groups is 2. The van der Waals surface area contributed by atoms with E-state index in [0.717, 1.165) is 5.56 Å². The lowest BCUT2D eigenvalue weighted by atomic mass is 10.1. The molecule has 0 fully saturated rings. The fraction of sp³-hybridized carbons (Fsp3) is 0.125.